The molecule has 0 N–H and O–H groups in total. The maximum atomic E-state index is 5.99. The summed E-state index contributed by atoms with van der Waals surface area (Å²) < 4.78 is 5.43. The van der Waals surface area contributed by atoms with Crippen molar-refractivity contribution >= 4 is 34.8 Å². The van der Waals surface area contributed by atoms with Crippen molar-refractivity contribution in [3.8, 4) is 5.88 Å². The minimum atomic E-state index is 0.0866. The predicted molar refractivity (Wildman–Crippen MR) is 67.8 cm³/mol. The lowest BCUT2D eigenvalue weighted by Crippen LogP contribution is -1.99. The van der Waals surface area contributed by atoms with E-state index >= 15 is 0 Å². The molecule has 3 nitrogen and oxygen atoms in total. The molecule has 2 aromatic rings. The first-order chi connectivity index (χ1) is 8.16. The van der Waals surface area contributed by atoms with Gasteiger partial charge < -0.3 is 4.74 Å². The summed E-state index contributed by atoms with van der Waals surface area (Å²) in [6.07, 6.45) is 1.39. The number of benzene rings is 1. The van der Waals surface area contributed by atoms with Crippen LogP contribution in [0.15, 0.2) is 30.5 Å². The second-order valence-electron chi connectivity index (χ2n) is 3.17. The molecule has 2 rings (SSSR count). The topological polar surface area (TPSA) is 35.0 Å². The number of rotatable bonds is 3. The van der Waals surface area contributed by atoms with Crippen LogP contribution in [-0.2, 0) is 6.61 Å². The first-order valence-electron chi connectivity index (χ1n) is 4.71. The predicted octanol–water partition coefficient (Wildman–Crippen LogP) is 4.02. The summed E-state index contributed by atoms with van der Waals surface area (Å²) in [7, 11) is 0. The summed E-state index contributed by atoms with van der Waals surface area (Å²) in [6.45, 7) is 0.271. The maximum Gasteiger partial charge on any atom is 0.237 e. The van der Waals surface area contributed by atoms with E-state index < -0.39 is 0 Å². The molecule has 0 spiro atoms. The molecule has 88 valence electrons. The maximum absolute atomic E-state index is 5.99. The fourth-order valence-corrected chi connectivity index (χ4v) is 1.66. The number of aromatic nitrogens is 2. The third kappa shape index (κ3) is 3.22. The Hall–Kier alpha value is -1.03. The van der Waals surface area contributed by atoms with Gasteiger partial charge in [-0.2, -0.15) is 4.98 Å². The van der Waals surface area contributed by atoms with E-state index in [0.717, 1.165) is 5.56 Å². The van der Waals surface area contributed by atoms with Gasteiger partial charge in [-0.15, -0.1) is 0 Å². The lowest BCUT2D eigenvalue weighted by molar-refractivity contribution is 0.293. The van der Waals surface area contributed by atoms with Crippen LogP contribution in [0.3, 0.4) is 0 Å². The van der Waals surface area contributed by atoms with E-state index in [0.29, 0.717) is 10.0 Å². The summed E-state index contributed by atoms with van der Waals surface area (Å²) in [5.74, 6) is 0.242. The fraction of sp³-hybridized carbons (Fsp3) is 0.0909. The monoisotopic (exact) mass is 288 g/mol. The lowest BCUT2D eigenvalue weighted by atomic mass is 10.2. The Bertz CT molecular complexity index is 534. The van der Waals surface area contributed by atoms with Crippen molar-refractivity contribution < 1.29 is 4.74 Å². The van der Waals surface area contributed by atoms with Gasteiger partial charge in [0.1, 0.15) is 11.6 Å². The SMILES string of the molecule is Clc1ncc(Cl)c(OCc2ccccc2Cl)n1. The summed E-state index contributed by atoms with van der Waals surface area (Å²) >= 11 is 17.5. The van der Waals surface area contributed by atoms with Crippen molar-refractivity contribution in [3.63, 3.8) is 0 Å². The molecule has 0 atom stereocenters. The van der Waals surface area contributed by atoms with Gasteiger partial charge in [0.25, 0.3) is 0 Å². The van der Waals surface area contributed by atoms with Crippen molar-refractivity contribution in [2.24, 2.45) is 0 Å². The summed E-state index contributed by atoms with van der Waals surface area (Å²) in [5, 5.41) is 1.02. The summed E-state index contributed by atoms with van der Waals surface area (Å²) in [4.78, 5) is 7.60. The van der Waals surface area contributed by atoms with Gasteiger partial charge in [0.05, 0.1) is 6.20 Å². The average molecular weight is 290 g/mol. The lowest BCUT2D eigenvalue weighted by Gasteiger charge is -2.07. The van der Waals surface area contributed by atoms with Gasteiger partial charge in [0.15, 0.2) is 0 Å². The molecule has 0 unspecified atom stereocenters. The molecule has 1 heterocycles. The van der Waals surface area contributed by atoms with Crippen LogP contribution in [0, 0.1) is 0 Å². The Morgan fingerprint density at radius 2 is 1.82 bits per heavy atom. The molecule has 1 aromatic carbocycles. The number of ether oxygens (including phenoxy) is 1. The van der Waals surface area contributed by atoms with Crippen molar-refractivity contribution in [1.29, 1.82) is 0 Å². The van der Waals surface area contributed by atoms with Gasteiger partial charge in [-0.3, -0.25) is 0 Å². The number of hydrogen-bond acceptors (Lipinski definition) is 3. The second kappa shape index (κ2) is 5.54. The summed E-state index contributed by atoms with van der Waals surface area (Å²) in [5.41, 5.74) is 0.847. The molecule has 0 bridgehead atoms. The third-order valence-corrected chi connectivity index (χ3v) is 2.81. The van der Waals surface area contributed by atoms with E-state index in [4.69, 9.17) is 39.5 Å². The van der Waals surface area contributed by atoms with Gasteiger partial charge in [-0.25, -0.2) is 4.98 Å². The molecule has 0 aliphatic carbocycles. The van der Waals surface area contributed by atoms with Crippen LogP contribution in [0.1, 0.15) is 5.56 Å². The van der Waals surface area contributed by atoms with E-state index in [1.54, 1.807) is 6.07 Å². The van der Waals surface area contributed by atoms with Gasteiger partial charge in [-0.05, 0) is 17.7 Å². The second-order valence-corrected chi connectivity index (χ2v) is 4.32. The smallest absolute Gasteiger partial charge is 0.237 e. The van der Waals surface area contributed by atoms with Crippen LogP contribution >= 0.6 is 34.8 Å². The summed E-state index contributed by atoms with van der Waals surface area (Å²) in [6, 6.07) is 7.37. The van der Waals surface area contributed by atoms with E-state index in [1.807, 2.05) is 18.2 Å². The quantitative estimate of drug-likeness (QED) is 0.801. The number of halogens is 3. The van der Waals surface area contributed by atoms with Crippen molar-refractivity contribution in [1.82, 2.24) is 9.97 Å². The Labute approximate surface area is 113 Å². The molecular formula is C11H7Cl3N2O. The van der Waals surface area contributed by atoms with E-state index in [-0.39, 0.29) is 17.8 Å². The van der Waals surface area contributed by atoms with Crippen LogP contribution < -0.4 is 4.74 Å². The highest BCUT2D eigenvalue weighted by atomic mass is 35.5. The van der Waals surface area contributed by atoms with Crippen LogP contribution in [0.4, 0.5) is 0 Å². The van der Waals surface area contributed by atoms with Crippen molar-refractivity contribution in [2.45, 2.75) is 6.61 Å². The minimum Gasteiger partial charge on any atom is -0.472 e. The molecule has 17 heavy (non-hydrogen) atoms. The first-order valence-corrected chi connectivity index (χ1v) is 5.84. The molecule has 0 fully saturated rings. The Morgan fingerprint density at radius 3 is 2.59 bits per heavy atom. The molecule has 0 amide bonds. The molecule has 0 radical (unpaired) electrons. The van der Waals surface area contributed by atoms with E-state index in [2.05, 4.69) is 9.97 Å². The van der Waals surface area contributed by atoms with E-state index in [1.165, 1.54) is 6.20 Å². The molecule has 1 aromatic heterocycles. The third-order valence-electron chi connectivity index (χ3n) is 2.00. The molecular weight excluding hydrogens is 282 g/mol. The Balaban J connectivity index is 2.12. The van der Waals surface area contributed by atoms with Crippen LogP contribution in [0.25, 0.3) is 0 Å². The zero-order chi connectivity index (χ0) is 12.3. The van der Waals surface area contributed by atoms with Crippen molar-refractivity contribution in [2.75, 3.05) is 0 Å². The standard InChI is InChI=1S/C11H7Cl3N2O/c12-8-4-2-1-3-7(8)6-17-10-9(13)5-15-11(14)16-10/h1-5H,6H2. The van der Waals surface area contributed by atoms with Crippen LogP contribution in [-0.4, -0.2) is 9.97 Å². The molecule has 0 aliphatic heterocycles. The largest absolute Gasteiger partial charge is 0.472 e. The first kappa shape index (κ1) is 12.4. The van der Waals surface area contributed by atoms with Gasteiger partial charge in [-0.1, -0.05) is 41.4 Å². The minimum absolute atomic E-state index is 0.0866. The molecule has 0 saturated heterocycles. The van der Waals surface area contributed by atoms with Gasteiger partial charge in [0.2, 0.25) is 11.2 Å². The number of hydrogen-bond donors (Lipinski definition) is 0. The molecule has 0 saturated carbocycles. The zero-order valence-electron chi connectivity index (χ0n) is 8.53. The van der Waals surface area contributed by atoms with Crippen molar-refractivity contribution in [3.05, 3.63) is 51.4 Å². The average Bonchev–Trinajstić information content (AvgIpc) is 2.32. The van der Waals surface area contributed by atoms with E-state index in [9.17, 15) is 0 Å². The number of nitrogens with zero attached hydrogens (tertiary/aromatic N) is 2. The normalized spacial score (nSPS) is 10.3. The Morgan fingerprint density at radius 1 is 1.06 bits per heavy atom. The zero-order valence-corrected chi connectivity index (χ0v) is 10.8. The molecule has 6 heteroatoms. The van der Waals surface area contributed by atoms with Gasteiger partial charge in [0, 0.05) is 10.6 Å². The molecule has 0 aliphatic rings. The van der Waals surface area contributed by atoms with Crippen LogP contribution in [0.2, 0.25) is 15.3 Å². The Kier molecular flexibility index (Phi) is 4.05. The highest BCUT2D eigenvalue weighted by Crippen LogP contribution is 2.24. The fourth-order valence-electron chi connectivity index (χ4n) is 1.19. The van der Waals surface area contributed by atoms with Gasteiger partial charge >= 0.3 is 0 Å². The highest BCUT2D eigenvalue weighted by Gasteiger charge is 2.07. The highest BCUT2D eigenvalue weighted by molar-refractivity contribution is 6.32. The van der Waals surface area contributed by atoms with Crippen LogP contribution in [0.5, 0.6) is 5.88 Å².